The van der Waals surface area contributed by atoms with Gasteiger partial charge in [0.2, 0.25) is 0 Å². The highest BCUT2D eigenvalue weighted by atomic mass is 35.5. The van der Waals surface area contributed by atoms with Crippen molar-refractivity contribution in [2.45, 2.75) is 18.4 Å². The number of sulfone groups is 1. The van der Waals surface area contributed by atoms with Crippen LogP contribution in [0.15, 0.2) is 65.0 Å². The molecule has 0 atom stereocenters. The van der Waals surface area contributed by atoms with Gasteiger partial charge in [-0.3, -0.25) is 4.79 Å². The van der Waals surface area contributed by atoms with E-state index >= 15 is 0 Å². The van der Waals surface area contributed by atoms with Crippen LogP contribution >= 0.6 is 22.9 Å². The van der Waals surface area contributed by atoms with Crippen LogP contribution in [0, 0.1) is 0 Å². The lowest BCUT2D eigenvalue weighted by Crippen LogP contribution is -2.16. The molecule has 0 bridgehead atoms. The molecular weight excluding hydrogens is 404 g/mol. The minimum absolute atomic E-state index is 0.0296. The molecule has 3 rings (SSSR count). The van der Waals surface area contributed by atoms with Gasteiger partial charge in [-0.15, -0.1) is 6.58 Å². The Morgan fingerprint density at radius 2 is 2.07 bits per heavy atom. The number of thiazole rings is 1. The first-order valence-corrected chi connectivity index (χ1v) is 11.0. The summed E-state index contributed by atoms with van der Waals surface area (Å²) in [6.07, 6.45) is 1.72. The zero-order valence-corrected chi connectivity index (χ0v) is 16.9. The molecule has 0 saturated heterocycles. The number of allylic oxidation sites excluding steroid dienone is 1. The SMILES string of the molecule is C=CCn1c(=NC(=O)c2cccc(S(=O)(=O)CC)c2)sc2cc(Cl)ccc21. The molecule has 0 aliphatic heterocycles. The summed E-state index contributed by atoms with van der Waals surface area (Å²) in [5.41, 5.74) is 1.13. The molecule has 5 nitrogen and oxygen atoms in total. The van der Waals surface area contributed by atoms with Crippen molar-refractivity contribution in [3.05, 3.63) is 70.5 Å². The molecule has 27 heavy (non-hydrogen) atoms. The first-order chi connectivity index (χ1) is 12.9. The molecule has 0 radical (unpaired) electrons. The number of amides is 1. The first-order valence-electron chi connectivity index (χ1n) is 8.17. The zero-order chi connectivity index (χ0) is 19.6. The molecule has 0 aliphatic rings. The molecule has 1 aromatic heterocycles. The lowest BCUT2D eigenvalue weighted by Gasteiger charge is -2.03. The van der Waals surface area contributed by atoms with E-state index in [4.69, 9.17) is 11.6 Å². The number of rotatable bonds is 5. The highest BCUT2D eigenvalue weighted by Crippen LogP contribution is 2.22. The van der Waals surface area contributed by atoms with E-state index < -0.39 is 15.7 Å². The Bertz CT molecular complexity index is 1210. The summed E-state index contributed by atoms with van der Waals surface area (Å²) in [7, 11) is -3.39. The third-order valence-electron chi connectivity index (χ3n) is 3.97. The van der Waals surface area contributed by atoms with Crippen LogP contribution in [0.1, 0.15) is 17.3 Å². The first kappa shape index (κ1) is 19.5. The van der Waals surface area contributed by atoms with Crippen molar-refractivity contribution in [1.29, 1.82) is 0 Å². The van der Waals surface area contributed by atoms with Crippen LogP contribution in [0.3, 0.4) is 0 Å². The number of fused-ring (bicyclic) bond motifs is 1. The Morgan fingerprint density at radius 1 is 1.30 bits per heavy atom. The van der Waals surface area contributed by atoms with Gasteiger partial charge in [0.05, 0.1) is 20.9 Å². The fraction of sp³-hybridized carbons (Fsp3) is 0.158. The summed E-state index contributed by atoms with van der Waals surface area (Å²) in [5.74, 6) is -0.531. The van der Waals surface area contributed by atoms with Crippen LogP contribution in [-0.2, 0) is 16.4 Å². The van der Waals surface area contributed by atoms with Gasteiger partial charge in [-0.1, -0.05) is 42.0 Å². The van der Waals surface area contributed by atoms with E-state index in [0.29, 0.717) is 16.4 Å². The topological polar surface area (TPSA) is 68.5 Å². The molecule has 140 valence electrons. The molecule has 0 fully saturated rings. The molecule has 8 heteroatoms. The predicted molar refractivity (Wildman–Crippen MR) is 109 cm³/mol. The van der Waals surface area contributed by atoms with E-state index in [1.54, 1.807) is 31.2 Å². The Kier molecular flexibility index (Phi) is 5.64. The second-order valence-electron chi connectivity index (χ2n) is 5.74. The molecule has 3 aromatic rings. The molecule has 0 spiro atoms. The van der Waals surface area contributed by atoms with Crippen LogP contribution in [0.4, 0.5) is 0 Å². The van der Waals surface area contributed by atoms with Gasteiger partial charge in [0.1, 0.15) is 0 Å². The van der Waals surface area contributed by atoms with Crippen molar-refractivity contribution in [3.63, 3.8) is 0 Å². The minimum atomic E-state index is -3.39. The monoisotopic (exact) mass is 420 g/mol. The van der Waals surface area contributed by atoms with Gasteiger partial charge in [0, 0.05) is 17.1 Å². The second kappa shape index (κ2) is 7.80. The van der Waals surface area contributed by atoms with E-state index in [1.807, 2.05) is 16.7 Å². The van der Waals surface area contributed by atoms with Gasteiger partial charge in [-0.2, -0.15) is 4.99 Å². The van der Waals surface area contributed by atoms with Crippen molar-refractivity contribution < 1.29 is 13.2 Å². The van der Waals surface area contributed by atoms with Crippen LogP contribution in [0.25, 0.3) is 10.2 Å². The van der Waals surface area contributed by atoms with Gasteiger partial charge in [0.15, 0.2) is 14.6 Å². The molecule has 0 unspecified atom stereocenters. The number of nitrogens with zero attached hydrogens (tertiary/aromatic N) is 2. The van der Waals surface area contributed by atoms with Gasteiger partial charge < -0.3 is 4.57 Å². The van der Waals surface area contributed by atoms with Crippen LogP contribution in [-0.4, -0.2) is 24.6 Å². The maximum absolute atomic E-state index is 12.7. The third kappa shape index (κ3) is 4.05. The number of carbonyl (C=O) groups is 1. The number of halogens is 1. The Balaban J connectivity index is 2.12. The minimum Gasteiger partial charge on any atom is -0.312 e. The predicted octanol–water partition coefficient (Wildman–Crippen LogP) is 4.08. The summed E-state index contributed by atoms with van der Waals surface area (Å²) in [6.45, 7) is 5.80. The second-order valence-corrected chi connectivity index (χ2v) is 9.47. The van der Waals surface area contributed by atoms with Crippen LogP contribution < -0.4 is 4.80 Å². The van der Waals surface area contributed by atoms with Crippen molar-refractivity contribution in [2.75, 3.05) is 5.75 Å². The van der Waals surface area contributed by atoms with E-state index in [9.17, 15) is 13.2 Å². The highest BCUT2D eigenvalue weighted by Gasteiger charge is 2.15. The number of carbonyl (C=O) groups excluding carboxylic acids is 1. The summed E-state index contributed by atoms with van der Waals surface area (Å²) >= 11 is 7.40. The van der Waals surface area contributed by atoms with Crippen LogP contribution in [0.5, 0.6) is 0 Å². The maximum atomic E-state index is 12.7. The molecule has 1 heterocycles. The standard InChI is InChI=1S/C19H17ClN2O3S2/c1-3-10-22-16-9-8-14(20)12-17(16)26-19(22)21-18(23)13-6-5-7-15(11-13)27(24,25)4-2/h3,5-9,11-12H,1,4,10H2,2H3. The third-order valence-corrected chi connectivity index (χ3v) is 6.98. The smallest absolute Gasteiger partial charge is 0.279 e. The van der Waals surface area contributed by atoms with Crippen molar-refractivity contribution >= 4 is 48.9 Å². The molecule has 0 aliphatic carbocycles. The number of hydrogen-bond donors (Lipinski definition) is 0. The lowest BCUT2D eigenvalue weighted by atomic mass is 10.2. The number of aromatic nitrogens is 1. The summed E-state index contributed by atoms with van der Waals surface area (Å²) < 4.78 is 26.9. The van der Waals surface area contributed by atoms with Gasteiger partial charge in [-0.25, -0.2) is 8.42 Å². The van der Waals surface area contributed by atoms with Crippen molar-refractivity contribution in [1.82, 2.24) is 4.57 Å². The molecule has 0 saturated carbocycles. The average Bonchev–Trinajstić information content (AvgIpc) is 2.98. The van der Waals surface area contributed by atoms with Crippen molar-refractivity contribution in [2.24, 2.45) is 4.99 Å². The van der Waals surface area contributed by atoms with E-state index in [-0.39, 0.29) is 16.2 Å². The Hall–Kier alpha value is -2.22. The normalized spacial score (nSPS) is 12.4. The fourth-order valence-electron chi connectivity index (χ4n) is 2.58. The van der Waals surface area contributed by atoms with E-state index in [2.05, 4.69) is 11.6 Å². The van der Waals surface area contributed by atoms with Crippen LogP contribution in [0.2, 0.25) is 5.02 Å². The Labute approximate surface area is 166 Å². The van der Waals surface area contributed by atoms with Gasteiger partial charge in [-0.05, 0) is 36.4 Å². The van der Waals surface area contributed by atoms with Gasteiger partial charge in [0.25, 0.3) is 5.91 Å². The summed E-state index contributed by atoms with van der Waals surface area (Å²) in [6, 6.07) is 11.4. The molecule has 1 amide bonds. The highest BCUT2D eigenvalue weighted by molar-refractivity contribution is 7.91. The molecule has 0 N–H and O–H groups in total. The largest absolute Gasteiger partial charge is 0.312 e. The van der Waals surface area contributed by atoms with E-state index in [0.717, 1.165) is 10.2 Å². The zero-order valence-electron chi connectivity index (χ0n) is 14.6. The Morgan fingerprint density at radius 3 is 2.78 bits per heavy atom. The molecule has 2 aromatic carbocycles. The average molecular weight is 421 g/mol. The quantitative estimate of drug-likeness (QED) is 0.584. The summed E-state index contributed by atoms with van der Waals surface area (Å²) in [5, 5.41) is 0.602. The van der Waals surface area contributed by atoms with Crippen molar-refractivity contribution in [3.8, 4) is 0 Å². The summed E-state index contributed by atoms with van der Waals surface area (Å²) in [4.78, 5) is 17.5. The molecular formula is C19H17ClN2O3S2. The number of benzene rings is 2. The number of hydrogen-bond acceptors (Lipinski definition) is 4. The van der Waals surface area contributed by atoms with E-state index in [1.165, 1.54) is 23.5 Å². The van der Waals surface area contributed by atoms with Gasteiger partial charge >= 0.3 is 0 Å². The fourth-order valence-corrected chi connectivity index (χ4v) is 4.82. The lowest BCUT2D eigenvalue weighted by molar-refractivity contribution is 0.0997. The maximum Gasteiger partial charge on any atom is 0.279 e.